The normalized spacial score (nSPS) is 15.7. The fraction of sp³-hybridized carbons (Fsp3) is 0.150. The van der Waals surface area contributed by atoms with E-state index >= 15 is 0 Å². The van der Waals surface area contributed by atoms with E-state index in [2.05, 4.69) is 15.7 Å². The SMILES string of the molecule is Cc1ccccc1NC(=O)[C@H]1CC(=O)Nn2c(N)nc(-c3ccccc3)c21. The molecule has 2 amide bonds. The molecule has 0 fully saturated rings. The summed E-state index contributed by atoms with van der Waals surface area (Å²) in [6.07, 6.45) is 0.0304. The first kappa shape index (κ1) is 16.8. The number of nitrogens with two attached hydrogens (primary N) is 1. The molecule has 4 rings (SSSR count). The fourth-order valence-corrected chi connectivity index (χ4v) is 3.30. The van der Waals surface area contributed by atoms with Gasteiger partial charge in [0.25, 0.3) is 0 Å². The lowest BCUT2D eigenvalue weighted by Gasteiger charge is -2.25. The first-order chi connectivity index (χ1) is 13.0. The molecule has 1 aliphatic rings. The largest absolute Gasteiger partial charge is 0.368 e. The Morgan fingerprint density at radius 1 is 1.19 bits per heavy atom. The zero-order chi connectivity index (χ0) is 19.0. The Labute approximate surface area is 156 Å². The summed E-state index contributed by atoms with van der Waals surface area (Å²) in [5.74, 6) is -1.10. The number of nitrogens with one attached hydrogen (secondary N) is 2. The number of aryl methyl sites for hydroxylation is 1. The van der Waals surface area contributed by atoms with Gasteiger partial charge in [-0.25, -0.2) is 9.66 Å². The topological polar surface area (TPSA) is 102 Å². The number of rotatable bonds is 3. The third kappa shape index (κ3) is 3.03. The quantitative estimate of drug-likeness (QED) is 0.667. The molecule has 136 valence electrons. The van der Waals surface area contributed by atoms with Crippen LogP contribution in [0, 0.1) is 6.92 Å². The number of hydrogen-bond donors (Lipinski definition) is 3. The number of anilines is 2. The highest BCUT2D eigenvalue weighted by Crippen LogP contribution is 2.35. The molecule has 27 heavy (non-hydrogen) atoms. The zero-order valence-corrected chi connectivity index (χ0v) is 14.8. The lowest BCUT2D eigenvalue weighted by atomic mass is 9.94. The van der Waals surface area contributed by atoms with E-state index in [1.807, 2.05) is 61.5 Å². The van der Waals surface area contributed by atoms with Crippen molar-refractivity contribution in [2.45, 2.75) is 19.3 Å². The van der Waals surface area contributed by atoms with Gasteiger partial charge in [0.05, 0.1) is 17.3 Å². The number of para-hydroxylation sites is 1. The van der Waals surface area contributed by atoms with Crippen molar-refractivity contribution in [1.29, 1.82) is 0 Å². The molecule has 7 heteroatoms. The molecule has 0 unspecified atom stereocenters. The van der Waals surface area contributed by atoms with Gasteiger partial charge in [0.2, 0.25) is 17.8 Å². The number of fused-ring (bicyclic) bond motifs is 1. The molecule has 0 bridgehead atoms. The zero-order valence-electron chi connectivity index (χ0n) is 14.8. The van der Waals surface area contributed by atoms with E-state index in [-0.39, 0.29) is 24.2 Å². The Hall–Kier alpha value is -3.61. The number of carbonyl (C=O) groups excluding carboxylic acids is 2. The molecule has 1 atom stereocenters. The number of amides is 2. The van der Waals surface area contributed by atoms with Crippen molar-refractivity contribution in [3.63, 3.8) is 0 Å². The third-order valence-electron chi connectivity index (χ3n) is 4.66. The summed E-state index contributed by atoms with van der Waals surface area (Å²) >= 11 is 0. The van der Waals surface area contributed by atoms with E-state index in [1.165, 1.54) is 4.68 Å². The van der Waals surface area contributed by atoms with Crippen molar-refractivity contribution < 1.29 is 9.59 Å². The minimum absolute atomic E-state index is 0.0304. The number of aromatic nitrogens is 2. The maximum atomic E-state index is 13.0. The van der Waals surface area contributed by atoms with Gasteiger partial charge in [0.1, 0.15) is 0 Å². The second-order valence-corrected chi connectivity index (χ2v) is 6.50. The molecule has 0 saturated heterocycles. The standard InChI is InChI=1S/C20H19N5O2/c1-12-7-5-6-10-15(12)22-19(27)14-11-16(26)24-25-18(14)17(23-20(25)21)13-8-3-2-4-9-13/h2-10,14H,11H2,1H3,(H2,21,23)(H,22,27)(H,24,26)/t14-/m0/s1. The van der Waals surface area contributed by atoms with Gasteiger partial charge >= 0.3 is 0 Å². The van der Waals surface area contributed by atoms with Crippen molar-refractivity contribution in [1.82, 2.24) is 9.66 Å². The van der Waals surface area contributed by atoms with Gasteiger partial charge in [0, 0.05) is 17.7 Å². The first-order valence-corrected chi connectivity index (χ1v) is 8.64. The van der Waals surface area contributed by atoms with Gasteiger partial charge in [-0.1, -0.05) is 48.5 Å². The van der Waals surface area contributed by atoms with Gasteiger partial charge in [0.15, 0.2) is 0 Å². The van der Waals surface area contributed by atoms with Crippen LogP contribution in [0.3, 0.4) is 0 Å². The van der Waals surface area contributed by atoms with Gasteiger partial charge in [-0.3, -0.25) is 15.0 Å². The van der Waals surface area contributed by atoms with Crippen LogP contribution in [0.5, 0.6) is 0 Å². The summed E-state index contributed by atoms with van der Waals surface area (Å²) in [7, 11) is 0. The van der Waals surface area contributed by atoms with E-state index in [0.717, 1.165) is 11.1 Å². The van der Waals surface area contributed by atoms with Crippen LogP contribution >= 0.6 is 0 Å². The number of nitrogens with zero attached hydrogens (tertiary/aromatic N) is 2. The van der Waals surface area contributed by atoms with Crippen molar-refractivity contribution in [3.05, 3.63) is 65.9 Å². The summed E-state index contributed by atoms with van der Waals surface area (Å²) in [5.41, 5.74) is 12.4. The van der Waals surface area contributed by atoms with Gasteiger partial charge in [-0.2, -0.15) is 0 Å². The second kappa shape index (κ2) is 6.60. The Morgan fingerprint density at radius 3 is 2.63 bits per heavy atom. The molecule has 2 heterocycles. The second-order valence-electron chi connectivity index (χ2n) is 6.50. The lowest BCUT2D eigenvalue weighted by molar-refractivity contribution is -0.124. The maximum absolute atomic E-state index is 13.0. The number of benzene rings is 2. The fourth-order valence-electron chi connectivity index (χ4n) is 3.30. The highest BCUT2D eigenvalue weighted by Gasteiger charge is 2.36. The summed E-state index contributed by atoms with van der Waals surface area (Å²) < 4.78 is 1.41. The molecular formula is C20H19N5O2. The highest BCUT2D eigenvalue weighted by molar-refractivity contribution is 6.02. The molecular weight excluding hydrogens is 342 g/mol. The van der Waals surface area contributed by atoms with Crippen molar-refractivity contribution in [3.8, 4) is 11.3 Å². The molecule has 7 nitrogen and oxygen atoms in total. The van der Waals surface area contributed by atoms with E-state index < -0.39 is 5.92 Å². The molecule has 0 radical (unpaired) electrons. The predicted octanol–water partition coefficient (Wildman–Crippen LogP) is 2.64. The Kier molecular flexibility index (Phi) is 4.12. The van der Waals surface area contributed by atoms with E-state index in [4.69, 9.17) is 5.73 Å². The van der Waals surface area contributed by atoms with Gasteiger partial charge in [-0.15, -0.1) is 0 Å². The van der Waals surface area contributed by atoms with Gasteiger partial charge in [-0.05, 0) is 18.6 Å². The summed E-state index contributed by atoms with van der Waals surface area (Å²) in [6.45, 7) is 1.92. The van der Waals surface area contributed by atoms with Crippen LogP contribution in [0.15, 0.2) is 54.6 Å². The highest BCUT2D eigenvalue weighted by atomic mass is 16.2. The average molecular weight is 361 g/mol. The molecule has 1 aliphatic heterocycles. The van der Waals surface area contributed by atoms with Crippen LogP contribution in [-0.2, 0) is 9.59 Å². The van der Waals surface area contributed by atoms with Crippen LogP contribution < -0.4 is 16.5 Å². The Morgan fingerprint density at radius 2 is 1.89 bits per heavy atom. The van der Waals surface area contributed by atoms with Crippen LogP contribution in [-0.4, -0.2) is 21.5 Å². The monoisotopic (exact) mass is 361 g/mol. The average Bonchev–Trinajstić information content (AvgIpc) is 3.00. The molecule has 2 aromatic carbocycles. The predicted molar refractivity (Wildman–Crippen MR) is 104 cm³/mol. The first-order valence-electron chi connectivity index (χ1n) is 8.64. The third-order valence-corrected chi connectivity index (χ3v) is 4.66. The Balaban J connectivity index is 1.77. The van der Waals surface area contributed by atoms with Crippen molar-refractivity contribution >= 4 is 23.5 Å². The molecule has 3 aromatic rings. The van der Waals surface area contributed by atoms with Gasteiger partial charge < -0.3 is 11.1 Å². The minimum atomic E-state index is -0.696. The molecule has 4 N–H and O–H groups in total. The Bertz CT molecular complexity index is 1030. The molecule has 0 saturated carbocycles. The van der Waals surface area contributed by atoms with E-state index in [1.54, 1.807) is 0 Å². The van der Waals surface area contributed by atoms with Crippen LogP contribution in [0.1, 0.15) is 23.6 Å². The van der Waals surface area contributed by atoms with E-state index in [9.17, 15) is 9.59 Å². The lowest BCUT2D eigenvalue weighted by Crippen LogP contribution is -2.38. The van der Waals surface area contributed by atoms with E-state index in [0.29, 0.717) is 17.1 Å². The number of carbonyl (C=O) groups is 2. The maximum Gasteiger partial charge on any atom is 0.240 e. The van der Waals surface area contributed by atoms with Crippen LogP contribution in [0.2, 0.25) is 0 Å². The smallest absolute Gasteiger partial charge is 0.240 e. The van der Waals surface area contributed by atoms with Crippen molar-refractivity contribution in [2.24, 2.45) is 0 Å². The number of imidazole rings is 1. The summed E-state index contributed by atoms with van der Waals surface area (Å²) in [6, 6.07) is 17.0. The summed E-state index contributed by atoms with van der Waals surface area (Å²) in [4.78, 5) is 29.6. The van der Waals surface area contributed by atoms with Crippen LogP contribution in [0.25, 0.3) is 11.3 Å². The molecule has 1 aromatic heterocycles. The summed E-state index contributed by atoms with van der Waals surface area (Å²) in [5, 5.41) is 2.93. The van der Waals surface area contributed by atoms with Crippen LogP contribution in [0.4, 0.5) is 11.6 Å². The molecule has 0 aliphatic carbocycles. The van der Waals surface area contributed by atoms with Crippen molar-refractivity contribution in [2.75, 3.05) is 16.5 Å². The number of nitrogen functional groups attached to an aromatic ring is 1. The molecule has 0 spiro atoms. The minimum Gasteiger partial charge on any atom is -0.368 e. The number of hydrogen-bond acceptors (Lipinski definition) is 4.